The summed E-state index contributed by atoms with van der Waals surface area (Å²) >= 11 is 1.86. The highest BCUT2D eigenvalue weighted by atomic mass is 32.1. The molecule has 50 heavy (non-hydrogen) atoms. The molecule has 1 nitrogen and oxygen atoms in total. The van der Waals surface area contributed by atoms with Gasteiger partial charge in [0.05, 0.1) is 11.4 Å². The predicted molar refractivity (Wildman–Crippen MR) is 216 cm³/mol. The van der Waals surface area contributed by atoms with Crippen molar-refractivity contribution in [2.24, 2.45) is 0 Å². The highest BCUT2D eigenvalue weighted by Crippen LogP contribution is 2.50. The second kappa shape index (κ2) is 13.0. The average molecular weight is 656 g/mol. The number of anilines is 3. The summed E-state index contributed by atoms with van der Waals surface area (Å²) in [6.07, 6.45) is 0. The van der Waals surface area contributed by atoms with Gasteiger partial charge in [0.2, 0.25) is 0 Å². The molecule has 2 heteroatoms. The van der Waals surface area contributed by atoms with E-state index < -0.39 is 0 Å². The summed E-state index contributed by atoms with van der Waals surface area (Å²) in [4.78, 5) is 2.49. The zero-order valence-corrected chi connectivity index (χ0v) is 28.2. The molecule has 1 heterocycles. The molecule has 0 aliphatic rings. The second-order valence-electron chi connectivity index (χ2n) is 12.5. The highest BCUT2D eigenvalue weighted by molar-refractivity contribution is 7.26. The van der Waals surface area contributed by atoms with Crippen LogP contribution in [0.2, 0.25) is 0 Å². The summed E-state index contributed by atoms with van der Waals surface area (Å²) < 4.78 is 2.57. The molecule has 0 bridgehead atoms. The van der Waals surface area contributed by atoms with Gasteiger partial charge in [0.25, 0.3) is 0 Å². The molecule has 0 saturated carbocycles. The van der Waals surface area contributed by atoms with Gasteiger partial charge >= 0.3 is 0 Å². The lowest BCUT2D eigenvalue weighted by Crippen LogP contribution is -2.12. The van der Waals surface area contributed by atoms with E-state index >= 15 is 0 Å². The normalized spacial score (nSPS) is 11.2. The van der Waals surface area contributed by atoms with Crippen molar-refractivity contribution in [1.29, 1.82) is 0 Å². The van der Waals surface area contributed by atoms with Crippen LogP contribution in [0.4, 0.5) is 17.1 Å². The van der Waals surface area contributed by atoms with Gasteiger partial charge in [0.15, 0.2) is 0 Å². The molecule has 9 rings (SSSR count). The van der Waals surface area contributed by atoms with Crippen LogP contribution in [0.15, 0.2) is 200 Å². The van der Waals surface area contributed by atoms with Crippen LogP contribution in [-0.2, 0) is 0 Å². The van der Waals surface area contributed by atoms with Crippen molar-refractivity contribution in [2.75, 3.05) is 4.90 Å². The van der Waals surface area contributed by atoms with Crippen LogP contribution < -0.4 is 4.90 Å². The first-order chi connectivity index (χ1) is 24.8. The monoisotopic (exact) mass is 655 g/mol. The van der Waals surface area contributed by atoms with Crippen molar-refractivity contribution >= 4 is 48.6 Å². The number of benzene rings is 8. The molecule has 0 saturated heterocycles. The minimum atomic E-state index is 1.11. The molecule has 0 spiro atoms. The van der Waals surface area contributed by atoms with Gasteiger partial charge in [-0.15, -0.1) is 11.3 Å². The van der Waals surface area contributed by atoms with E-state index in [4.69, 9.17) is 0 Å². The number of hydrogen-bond acceptors (Lipinski definition) is 2. The van der Waals surface area contributed by atoms with Gasteiger partial charge in [-0.1, -0.05) is 164 Å². The zero-order valence-electron chi connectivity index (χ0n) is 27.4. The highest BCUT2D eigenvalue weighted by Gasteiger charge is 2.24. The molecule has 236 valence electrons. The molecule has 1 aromatic heterocycles. The molecule has 0 N–H and O–H groups in total. The van der Waals surface area contributed by atoms with Gasteiger partial charge in [0.1, 0.15) is 0 Å². The summed E-state index contributed by atoms with van der Waals surface area (Å²) in [6.45, 7) is 0. The summed E-state index contributed by atoms with van der Waals surface area (Å²) in [5.74, 6) is 0. The van der Waals surface area contributed by atoms with Crippen molar-refractivity contribution < 1.29 is 0 Å². The first kappa shape index (κ1) is 29.9. The zero-order chi connectivity index (χ0) is 33.3. The Morgan fingerprint density at radius 1 is 0.320 bits per heavy atom. The van der Waals surface area contributed by atoms with Gasteiger partial charge in [-0.05, 0) is 75.3 Å². The summed E-state index contributed by atoms with van der Waals surface area (Å²) in [7, 11) is 0. The average Bonchev–Trinajstić information content (AvgIpc) is 3.59. The summed E-state index contributed by atoms with van der Waals surface area (Å²) in [5, 5.41) is 2.55. The largest absolute Gasteiger partial charge is 0.309 e. The Morgan fingerprint density at radius 2 is 0.820 bits per heavy atom. The fraction of sp³-hybridized carbons (Fsp3) is 0. The van der Waals surface area contributed by atoms with Gasteiger partial charge in [-0.3, -0.25) is 0 Å². The van der Waals surface area contributed by atoms with Crippen molar-refractivity contribution in [3.8, 4) is 44.5 Å². The lowest BCUT2D eigenvalue weighted by Gasteiger charge is -2.30. The van der Waals surface area contributed by atoms with E-state index in [0.29, 0.717) is 0 Å². The van der Waals surface area contributed by atoms with E-state index in [-0.39, 0.29) is 0 Å². The maximum absolute atomic E-state index is 2.49. The van der Waals surface area contributed by atoms with Gasteiger partial charge in [-0.2, -0.15) is 0 Å². The van der Waals surface area contributed by atoms with Gasteiger partial charge in [-0.25, -0.2) is 0 Å². The van der Waals surface area contributed by atoms with Crippen LogP contribution in [0.3, 0.4) is 0 Å². The SMILES string of the molecule is c1ccc(-c2ccc(N(c3cccc(-c4ccccc4)c3-c3ccccc3-c3ccccc3)c3cccc4sc5ccccc5c34)cc2)cc1. The van der Waals surface area contributed by atoms with Crippen LogP contribution in [0, 0.1) is 0 Å². The molecule has 0 amide bonds. The lowest BCUT2D eigenvalue weighted by atomic mass is 9.87. The molecule has 0 fully saturated rings. The minimum Gasteiger partial charge on any atom is -0.309 e. The number of thiophene rings is 1. The molecule has 9 aromatic rings. The van der Waals surface area contributed by atoms with Crippen molar-refractivity contribution in [2.45, 2.75) is 0 Å². The molecule has 0 radical (unpaired) electrons. The quantitative estimate of drug-likeness (QED) is 0.165. The maximum atomic E-state index is 2.49. The molecule has 0 aliphatic carbocycles. The first-order valence-electron chi connectivity index (χ1n) is 17.0. The molecular formula is C48H33NS. The molecule has 0 atom stereocenters. The Bertz CT molecular complexity index is 2570. The van der Waals surface area contributed by atoms with Crippen molar-refractivity contribution in [1.82, 2.24) is 0 Å². The third kappa shape index (κ3) is 5.37. The van der Waals surface area contributed by atoms with Crippen LogP contribution in [-0.4, -0.2) is 0 Å². The van der Waals surface area contributed by atoms with Crippen molar-refractivity contribution in [3.05, 3.63) is 200 Å². The van der Waals surface area contributed by atoms with E-state index in [1.165, 1.54) is 64.7 Å². The lowest BCUT2D eigenvalue weighted by molar-refractivity contribution is 1.30. The van der Waals surface area contributed by atoms with Crippen LogP contribution >= 0.6 is 11.3 Å². The number of nitrogens with zero attached hydrogens (tertiary/aromatic N) is 1. The number of hydrogen-bond donors (Lipinski definition) is 0. The fourth-order valence-corrected chi connectivity index (χ4v) is 8.35. The Morgan fingerprint density at radius 3 is 1.54 bits per heavy atom. The summed E-state index contributed by atoms with van der Waals surface area (Å²) in [6, 6.07) is 72.4. The van der Waals surface area contributed by atoms with Gasteiger partial charge in [0, 0.05) is 31.4 Å². The molecular weight excluding hydrogens is 623 g/mol. The third-order valence-electron chi connectivity index (χ3n) is 9.50. The molecule has 0 aliphatic heterocycles. The Hall–Kier alpha value is -6.22. The topological polar surface area (TPSA) is 3.24 Å². The van der Waals surface area contributed by atoms with E-state index in [9.17, 15) is 0 Å². The maximum Gasteiger partial charge on any atom is 0.0555 e. The number of fused-ring (bicyclic) bond motifs is 3. The molecule has 8 aromatic carbocycles. The van der Waals surface area contributed by atoms with E-state index in [1.807, 2.05) is 11.3 Å². The first-order valence-corrected chi connectivity index (χ1v) is 17.8. The van der Waals surface area contributed by atoms with Gasteiger partial charge < -0.3 is 4.90 Å². The van der Waals surface area contributed by atoms with Crippen molar-refractivity contribution in [3.63, 3.8) is 0 Å². The van der Waals surface area contributed by atoms with Crippen LogP contribution in [0.1, 0.15) is 0 Å². The third-order valence-corrected chi connectivity index (χ3v) is 10.6. The standard InChI is InChI=1S/C48H33NS/c1-4-16-34(17-5-1)35-30-32-38(33-31-35)49(44-27-15-29-46-48(44)42-24-12-13-28-45(42)50-46)43-26-14-25-40(37-20-8-3-9-21-37)47(43)41-23-11-10-22-39(41)36-18-6-2-7-19-36/h1-33H. The second-order valence-corrected chi connectivity index (χ2v) is 13.6. The Labute approximate surface area is 297 Å². The molecule has 0 unspecified atom stereocenters. The summed E-state index contributed by atoms with van der Waals surface area (Å²) in [5.41, 5.74) is 13.0. The van der Waals surface area contributed by atoms with Crippen LogP contribution in [0.25, 0.3) is 64.7 Å². The Balaban J connectivity index is 1.37. The van der Waals surface area contributed by atoms with E-state index in [1.54, 1.807) is 0 Å². The number of rotatable bonds is 7. The Kier molecular flexibility index (Phi) is 7.77. The van der Waals surface area contributed by atoms with E-state index in [0.717, 1.165) is 17.1 Å². The van der Waals surface area contributed by atoms with E-state index in [2.05, 4.69) is 205 Å². The fourth-order valence-electron chi connectivity index (χ4n) is 7.22. The smallest absolute Gasteiger partial charge is 0.0555 e. The van der Waals surface area contributed by atoms with Crippen LogP contribution in [0.5, 0.6) is 0 Å². The minimum absolute atomic E-state index is 1.11. The predicted octanol–water partition coefficient (Wildman–Crippen LogP) is 14.2.